The number of carbonyl (C=O) groups excluding carboxylic acids is 2. The Kier molecular flexibility index (Phi) is 6.88. The van der Waals surface area contributed by atoms with Gasteiger partial charge in [0.2, 0.25) is 10.0 Å². The Bertz CT molecular complexity index is 1290. The number of amides is 1. The zero-order valence-electron chi connectivity index (χ0n) is 16.9. The molecule has 3 rings (SSSR count). The highest BCUT2D eigenvalue weighted by atomic mass is 32.2. The number of nitrogens with zero attached hydrogens (tertiary/aromatic N) is 2. The number of sulfonamides is 1. The molecule has 0 saturated heterocycles. The maximum atomic E-state index is 12.6. The topological polar surface area (TPSA) is 130 Å². The second-order valence-electron chi connectivity index (χ2n) is 6.48. The molecule has 0 fully saturated rings. The second kappa shape index (κ2) is 9.41. The Morgan fingerprint density at radius 2 is 1.87 bits per heavy atom. The quantitative estimate of drug-likeness (QED) is 0.530. The molecule has 0 aliphatic rings. The van der Waals surface area contributed by atoms with Crippen molar-refractivity contribution in [3.05, 3.63) is 52.8 Å². The fourth-order valence-electron chi connectivity index (χ4n) is 2.85. The molecule has 2 N–H and O–H groups in total. The summed E-state index contributed by atoms with van der Waals surface area (Å²) in [5, 5.41) is 5.20. The summed E-state index contributed by atoms with van der Waals surface area (Å²) in [6, 6.07) is 11.4. The molecule has 164 valence electrons. The maximum Gasteiger partial charge on any atom is 0.325 e. The van der Waals surface area contributed by atoms with Crippen molar-refractivity contribution in [1.29, 1.82) is 0 Å². The van der Waals surface area contributed by atoms with Crippen molar-refractivity contribution in [2.45, 2.75) is 24.8 Å². The number of thiazole rings is 1. The van der Waals surface area contributed by atoms with E-state index < -0.39 is 21.9 Å². The van der Waals surface area contributed by atoms with Gasteiger partial charge in [0, 0.05) is 0 Å². The van der Waals surface area contributed by atoms with E-state index in [1.165, 1.54) is 29.9 Å². The van der Waals surface area contributed by atoms with Crippen LogP contribution in [0.2, 0.25) is 0 Å². The lowest BCUT2D eigenvalue weighted by Gasteiger charge is -2.05. The molecule has 0 spiro atoms. The van der Waals surface area contributed by atoms with E-state index in [1.807, 2.05) is 6.92 Å². The molecule has 0 aliphatic heterocycles. The van der Waals surface area contributed by atoms with Crippen molar-refractivity contribution in [2.24, 2.45) is 10.1 Å². The van der Waals surface area contributed by atoms with Crippen LogP contribution in [0, 0.1) is 0 Å². The van der Waals surface area contributed by atoms with Crippen LogP contribution in [-0.4, -0.2) is 38.6 Å². The van der Waals surface area contributed by atoms with Gasteiger partial charge in [0.05, 0.1) is 35.2 Å². The van der Waals surface area contributed by atoms with Crippen molar-refractivity contribution in [2.75, 3.05) is 13.7 Å². The minimum atomic E-state index is -3.90. The first kappa shape index (κ1) is 22.7. The molecule has 31 heavy (non-hydrogen) atoms. The smallest absolute Gasteiger partial charge is 0.325 e. The zero-order chi connectivity index (χ0) is 22.6. The summed E-state index contributed by atoms with van der Waals surface area (Å²) >= 11 is 1.08. The SMILES string of the molecule is CCOc1ccc(CC(=O)N=c2sc3cc(S(N)(=O)=O)ccc3n2CC(=O)OC)cc1. The predicted molar refractivity (Wildman–Crippen MR) is 115 cm³/mol. The normalized spacial score (nSPS) is 12.2. The van der Waals surface area contributed by atoms with E-state index in [2.05, 4.69) is 4.99 Å². The van der Waals surface area contributed by atoms with Gasteiger partial charge in [-0.05, 0) is 42.8 Å². The van der Waals surface area contributed by atoms with Crippen molar-refractivity contribution < 1.29 is 27.5 Å². The van der Waals surface area contributed by atoms with Gasteiger partial charge in [-0.15, -0.1) is 0 Å². The number of aromatic nitrogens is 1. The summed E-state index contributed by atoms with van der Waals surface area (Å²) in [6.07, 6.45) is 0.0568. The largest absolute Gasteiger partial charge is 0.494 e. The van der Waals surface area contributed by atoms with Crippen molar-refractivity contribution in [1.82, 2.24) is 4.57 Å². The number of hydrogen-bond donors (Lipinski definition) is 1. The summed E-state index contributed by atoms with van der Waals surface area (Å²) in [6.45, 7) is 2.25. The number of benzene rings is 2. The highest BCUT2D eigenvalue weighted by molar-refractivity contribution is 7.89. The summed E-state index contributed by atoms with van der Waals surface area (Å²) in [5.41, 5.74) is 1.30. The molecule has 1 aromatic heterocycles. The Morgan fingerprint density at radius 3 is 2.48 bits per heavy atom. The zero-order valence-corrected chi connectivity index (χ0v) is 18.5. The number of methoxy groups -OCH3 is 1. The van der Waals surface area contributed by atoms with Crippen molar-refractivity contribution in [3.63, 3.8) is 0 Å². The third-order valence-corrected chi connectivity index (χ3v) is 6.26. The van der Waals surface area contributed by atoms with Crippen LogP contribution in [0.5, 0.6) is 5.75 Å². The second-order valence-corrected chi connectivity index (χ2v) is 9.05. The van der Waals surface area contributed by atoms with E-state index in [1.54, 1.807) is 24.3 Å². The Balaban J connectivity index is 1.99. The maximum absolute atomic E-state index is 12.6. The number of nitrogens with two attached hydrogens (primary N) is 1. The summed E-state index contributed by atoms with van der Waals surface area (Å²) in [7, 11) is -2.64. The molecule has 11 heteroatoms. The third-order valence-electron chi connectivity index (χ3n) is 4.31. The summed E-state index contributed by atoms with van der Waals surface area (Å²) in [4.78, 5) is 28.8. The van der Waals surface area contributed by atoms with Crippen LogP contribution in [-0.2, 0) is 37.3 Å². The van der Waals surface area contributed by atoms with Crippen LogP contribution in [0.15, 0.2) is 52.4 Å². The Hall–Kier alpha value is -3.02. The van der Waals surface area contributed by atoms with E-state index >= 15 is 0 Å². The molecule has 1 amide bonds. The number of fused-ring (bicyclic) bond motifs is 1. The Morgan fingerprint density at radius 1 is 1.16 bits per heavy atom. The minimum absolute atomic E-state index is 0.0568. The molecular weight excluding hydrogens is 442 g/mol. The number of primary sulfonamides is 1. The van der Waals surface area contributed by atoms with Crippen molar-refractivity contribution >= 4 is 43.5 Å². The average Bonchev–Trinajstić information content (AvgIpc) is 3.05. The lowest BCUT2D eigenvalue weighted by Crippen LogP contribution is -2.22. The van der Waals surface area contributed by atoms with E-state index in [9.17, 15) is 18.0 Å². The third kappa shape index (κ3) is 5.57. The van der Waals surface area contributed by atoms with Crippen LogP contribution < -0.4 is 14.7 Å². The fraction of sp³-hybridized carbons (Fsp3) is 0.250. The van der Waals surface area contributed by atoms with Gasteiger partial charge in [-0.2, -0.15) is 4.99 Å². The standard InChI is InChI=1S/C20H21N3O6S2/c1-3-29-14-6-4-13(5-7-14)10-18(24)22-20-23(12-19(25)28-2)16-9-8-15(31(21,26)27)11-17(16)30-20/h4-9,11H,3,10,12H2,1-2H3,(H2,21,26,27). The van der Waals surface area contributed by atoms with Crippen LogP contribution in [0.25, 0.3) is 10.2 Å². The molecule has 0 unspecified atom stereocenters. The van der Waals surface area contributed by atoms with Gasteiger partial charge < -0.3 is 14.0 Å². The van der Waals surface area contributed by atoms with Gasteiger partial charge in [-0.3, -0.25) is 9.59 Å². The van der Waals surface area contributed by atoms with E-state index in [-0.39, 0.29) is 22.7 Å². The lowest BCUT2D eigenvalue weighted by atomic mass is 10.1. The van der Waals surface area contributed by atoms with E-state index in [0.29, 0.717) is 22.6 Å². The molecule has 0 atom stereocenters. The predicted octanol–water partition coefficient (Wildman–Crippen LogP) is 1.59. The number of carbonyl (C=O) groups is 2. The first-order valence-electron chi connectivity index (χ1n) is 9.23. The van der Waals surface area contributed by atoms with Crippen LogP contribution in [0.3, 0.4) is 0 Å². The number of ether oxygens (including phenoxy) is 2. The van der Waals surface area contributed by atoms with Gasteiger partial charge in [-0.1, -0.05) is 23.5 Å². The monoisotopic (exact) mass is 463 g/mol. The molecule has 0 bridgehead atoms. The first-order chi connectivity index (χ1) is 14.7. The number of esters is 1. The molecule has 9 nitrogen and oxygen atoms in total. The minimum Gasteiger partial charge on any atom is -0.494 e. The van der Waals surface area contributed by atoms with E-state index in [0.717, 1.165) is 16.9 Å². The molecule has 0 radical (unpaired) electrons. The van der Waals surface area contributed by atoms with Gasteiger partial charge in [0.1, 0.15) is 12.3 Å². The summed E-state index contributed by atoms with van der Waals surface area (Å²) < 4.78 is 35.4. The van der Waals surface area contributed by atoms with Crippen LogP contribution >= 0.6 is 11.3 Å². The average molecular weight is 464 g/mol. The van der Waals surface area contributed by atoms with Crippen LogP contribution in [0.1, 0.15) is 12.5 Å². The van der Waals surface area contributed by atoms with E-state index in [4.69, 9.17) is 14.6 Å². The highest BCUT2D eigenvalue weighted by Crippen LogP contribution is 2.21. The highest BCUT2D eigenvalue weighted by Gasteiger charge is 2.15. The molecule has 0 saturated carbocycles. The van der Waals surface area contributed by atoms with Gasteiger partial charge >= 0.3 is 5.97 Å². The molecule has 1 heterocycles. The molecular formula is C20H21N3O6S2. The molecule has 0 aliphatic carbocycles. The lowest BCUT2D eigenvalue weighted by molar-refractivity contribution is -0.141. The number of rotatable bonds is 7. The number of hydrogen-bond acceptors (Lipinski definition) is 7. The fourth-order valence-corrected chi connectivity index (χ4v) is 4.55. The molecule has 3 aromatic rings. The molecule has 2 aromatic carbocycles. The van der Waals surface area contributed by atoms with Crippen molar-refractivity contribution in [3.8, 4) is 5.75 Å². The van der Waals surface area contributed by atoms with Gasteiger partial charge in [-0.25, -0.2) is 13.6 Å². The first-order valence-corrected chi connectivity index (χ1v) is 11.6. The summed E-state index contributed by atoms with van der Waals surface area (Å²) in [5.74, 6) is -0.238. The van der Waals surface area contributed by atoms with Gasteiger partial charge in [0.15, 0.2) is 4.80 Å². The van der Waals surface area contributed by atoms with Crippen LogP contribution in [0.4, 0.5) is 0 Å². The van der Waals surface area contributed by atoms with Gasteiger partial charge in [0.25, 0.3) is 5.91 Å². The Labute approximate surface area is 182 Å².